The Hall–Kier alpha value is -2.94. The zero-order valence-corrected chi connectivity index (χ0v) is 15.4. The molecular weight excluding hydrogens is 348 g/mol. The van der Waals surface area contributed by atoms with Crippen LogP contribution in [0.2, 0.25) is 0 Å². The summed E-state index contributed by atoms with van der Waals surface area (Å²) in [6, 6.07) is 7.02. The van der Waals surface area contributed by atoms with E-state index in [-0.39, 0.29) is 5.96 Å². The van der Waals surface area contributed by atoms with Crippen molar-refractivity contribution in [1.82, 2.24) is 10.6 Å². The van der Waals surface area contributed by atoms with Crippen molar-refractivity contribution < 1.29 is 14.4 Å². The molecule has 0 radical (unpaired) electrons. The van der Waals surface area contributed by atoms with E-state index in [0.29, 0.717) is 32.1 Å². The van der Waals surface area contributed by atoms with Crippen molar-refractivity contribution in [2.24, 2.45) is 22.2 Å². The van der Waals surface area contributed by atoms with E-state index in [1.807, 2.05) is 30.3 Å². The van der Waals surface area contributed by atoms with Gasteiger partial charge in [-0.2, -0.15) is 0 Å². The molecule has 3 atom stereocenters. The minimum atomic E-state index is -0.837. The SMILES string of the molecule is C[C@H](N)C(=O)N[C@@H](CCCN=C(N)N)C(=O)N[C@H](C=O)Cc1ccccc1. The third kappa shape index (κ3) is 8.82. The van der Waals surface area contributed by atoms with Gasteiger partial charge in [-0.3, -0.25) is 14.6 Å². The van der Waals surface area contributed by atoms with Gasteiger partial charge in [-0.25, -0.2) is 0 Å². The van der Waals surface area contributed by atoms with Gasteiger partial charge in [-0.1, -0.05) is 30.3 Å². The summed E-state index contributed by atoms with van der Waals surface area (Å²) in [6.45, 7) is 1.84. The summed E-state index contributed by atoms with van der Waals surface area (Å²) in [5.41, 5.74) is 17.0. The van der Waals surface area contributed by atoms with Crippen molar-refractivity contribution >= 4 is 24.1 Å². The summed E-state index contributed by atoms with van der Waals surface area (Å²) in [6.07, 6.45) is 1.81. The molecule has 0 saturated heterocycles. The van der Waals surface area contributed by atoms with Gasteiger partial charge in [0.05, 0.1) is 12.1 Å². The van der Waals surface area contributed by atoms with Crippen LogP contribution in [0.1, 0.15) is 25.3 Å². The van der Waals surface area contributed by atoms with Crippen molar-refractivity contribution in [3.05, 3.63) is 35.9 Å². The Bertz CT molecular complexity index is 644. The lowest BCUT2D eigenvalue weighted by molar-refractivity contribution is -0.130. The largest absolute Gasteiger partial charge is 0.370 e. The zero-order valence-electron chi connectivity index (χ0n) is 15.4. The van der Waals surface area contributed by atoms with Crippen LogP contribution in [0.4, 0.5) is 0 Å². The molecule has 0 saturated carbocycles. The molecule has 2 amide bonds. The number of nitrogens with two attached hydrogens (primary N) is 3. The third-order valence-corrected chi connectivity index (χ3v) is 3.78. The average molecular weight is 376 g/mol. The Labute approximate surface area is 158 Å². The quantitative estimate of drug-likeness (QED) is 0.141. The van der Waals surface area contributed by atoms with E-state index in [2.05, 4.69) is 15.6 Å². The smallest absolute Gasteiger partial charge is 0.243 e. The maximum atomic E-state index is 12.6. The molecule has 0 aliphatic rings. The highest BCUT2D eigenvalue weighted by Crippen LogP contribution is 2.04. The highest BCUT2D eigenvalue weighted by molar-refractivity contribution is 5.90. The molecule has 0 bridgehead atoms. The molecule has 9 heteroatoms. The maximum Gasteiger partial charge on any atom is 0.243 e. The van der Waals surface area contributed by atoms with Crippen LogP contribution in [-0.4, -0.2) is 48.7 Å². The van der Waals surface area contributed by atoms with Gasteiger partial charge in [0.15, 0.2) is 5.96 Å². The second-order valence-electron chi connectivity index (χ2n) is 6.24. The van der Waals surface area contributed by atoms with Crippen molar-refractivity contribution in [2.45, 2.75) is 44.3 Å². The van der Waals surface area contributed by atoms with Gasteiger partial charge < -0.3 is 32.6 Å². The summed E-state index contributed by atoms with van der Waals surface area (Å²) in [4.78, 5) is 39.7. The van der Waals surface area contributed by atoms with Crippen molar-refractivity contribution in [3.8, 4) is 0 Å². The van der Waals surface area contributed by atoms with Crippen LogP contribution in [0, 0.1) is 0 Å². The van der Waals surface area contributed by atoms with E-state index < -0.39 is 29.9 Å². The van der Waals surface area contributed by atoms with Crippen molar-refractivity contribution in [1.29, 1.82) is 0 Å². The average Bonchev–Trinajstić information content (AvgIpc) is 2.63. The number of amides is 2. The second-order valence-corrected chi connectivity index (χ2v) is 6.24. The molecule has 0 heterocycles. The first-order valence-electron chi connectivity index (χ1n) is 8.74. The number of carbonyl (C=O) groups is 3. The topological polar surface area (TPSA) is 166 Å². The summed E-state index contributed by atoms with van der Waals surface area (Å²) < 4.78 is 0. The lowest BCUT2D eigenvalue weighted by Gasteiger charge is -2.21. The van der Waals surface area contributed by atoms with Crippen LogP contribution >= 0.6 is 0 Å². The molecule has 9 nitrogen and oxygen atoms in total. The molecule has 0 aliphatic carbocycles. The summed E-state index contributed by atoms with van der Waals surface area (Å²) >= 11 is 0. The molecule has 1 aromatic rings. The Morgan fingerprint density at radius 3 is 2.37 bits per heavy atom. The van der Waals surface area contributed by atoms with Crippen LogP contribution in [-0.2, 0) is 20.8 Å². The Balaban J connectivity index is 2.72. The van der Waals surface area contributed by atoms with Gasteiger partial charge in [-0.05, 0) is 31.7 Å². The Morgan fingerprint density at radius 2 is 1.81 bits per heavy atom. The number of aliphatic imine (C=N–C) groups is 1. The first-order valence-corrected chi connectivity index (χ1v) is 8.74. The molecule has 0 aromatic heterocycles. The third-order valence-electron chi connectivity index (χ3n) is 3.78. The predicted molar refractivity (Wildman–Crippen MR) is 104 cm³/mol. The van der Waals surface area contributed by atoms with E-state index >= 15 is 0 Å². The van der Waals surface area contributed by atoms with Gasteiger partial charge in [0.25, 0.3) is 0 Å². The standard InChI is InChI=1S/C18H28N6O3/c1-12(19)16(26)24-15(8-5-9-22-18(20)21)17(27)23-14(11-25)10-13-6-3-2-4-7-13/h2-4,6-7,11-12,14-15H,5,8-10,19H2,1H3,(H,23,27)(H,24,26)(H4,20,21,22)/t12-,14-,15-/m0/s1. The van der Waals surface area contributed by atoms with E-state index in [1.54, 1.807) is 0 Å². The van der Waals surface area contributed by atoms with E-state index in [1.165, 1.54) is 6.92 Å². The summed E-state index contributed by atoms with van der Waals surface area (Å²) in [7, 11) is 0. The summed E-state index contributed by atoms with van der Waals surface area (Å²) in [5, 5.41) is 5.26. The molecule has 0 aliphatic heterocycles. The first kappa shape index (κ1) is 22.1. The highest BCUT2D eigenvalue weighted by Gasteiger charge is 2.24. The minimum absolute atomic E-state index is 0.0421. The lowest BCUT2D eigenvalue weighted by atomic mass is 10.1. The first-order chi connectivity index (χ1) is 12.8. The Kier molecular flexibility index (Phi) is 9.52. The van der Waals surface area contributed by atoms with E-state index in [9.17, 15) is 14.4 Å². The van der Waals surface area contributed by atoms with Crippen LogP contribution in [0.5, 0.6) is 0 Å². The van der Waals surface area contributed by atoms with Gasteiger partial charge in [-0.15, -0.1) is 0 Å². The molecule has 148 valence electrons. The van der Waals surface area contributed by atoms with Crippen LogP contribution in [0.3, 0.4) is 0 Å². The van der Waals surface area contributed by atoms with Gasteiger partial charge in [0.2, 0.25) is 11.8 Å². The number of benzene rings is 1. The van der Waals surface area contributed by atoms with Crippen molar-refractivity contribution in [3.63, 3.8) is 0 Å². The van der Waals surface area contributed by atoms with Gasteiger partial charge in [0.1, 0.15) is 12.3 Å². The number of rotatable bonds is 11. The molecule has 0 unspecified atom stereocenters. The number of nitrogens with zero attached hydrogens (tertiary/aromatic N) is 1. The molecule has 27 heavy (non-hydrogen) atoms. The number of carbonyl (C=O) groups excluding carboxylic acids is 3. The maximum absolute atomic E-state index is 12.6. The normalized spacial score (nSPS) is 13.7. The van der Waals surface area contributed by atoms with E-state index in [0.717, 1.165) is 5.56 Å². The molecule has 1 rings (SSSR count). The number of hydrogen-bond acceptors (Lipinski definition) is 5. The molecule has 8 N–H and O–H groups in total. The van der Waals surface area contributed by atoms with Gasteiger partial charge in [0, 0.05) is 6.54 Å². The van der Waals surface area contributed by atoms with Gasteiger partial charge >= 0.3 is 0 Å². The van der Waals surface area contributed by atoms with E-state index in [4.69, 9.17) is 17.2 Å². The number of guanidine groups is 1. The molecule has 1 aromatic carbocycles. The Morgan fingerprint density at radius 1 is 1.15 bits per heavy atom. The predicted octanol–water partition coefficient (Wildman–Crippen LogP) is -1.20. The highest BCUT2D eigenvalue weighted by atomic mass is 16.2. The minimum Gasteiger partial charge on any atom is -0.370 e. The number of aldehydes is 1. The fourth-order valence-electron chi connectivity index (χ4n) is 2.36. The van der Waals surface area contributed by atoms with Crippen LogP contribution in [0.15, 0.2) is 35.3 Å². The zero-order chi connectivity index (χ0) is 20.2. The fraction of sp³-hybridized carbons (Fsp3) is 0.444. The molecule has 0 fully saturated rings. The monoisotopic (exact) mass is 376 g/mol. The number of hydrogen-bond donors (Lipinski definition) is 5. The van der Waals surface area contributed by atoms with Crippen LogP contribution in [0.25, 0.3) is 0 Å². The second kappa shape index (κ2) is 11.6. The molecular formula is C18H28N6O3. The number of nitrogens with one attached hydrogen (secondary N) is 2. The fourth-order valence-corrected chi connectivity index (χ4v) is 2.36. The van der Waals surface area contributed by atoms with Crippen LogP contribution < -0.4 is 27.8 Å². The lowest BCUT2D eigenvalue weighted by Crippen LogP contribution is -2.53. The molecule has 0 spiro atoms. The summed E-state index contributed by atoms with van der Waals surface area (Å²) in [5.74, 6) is -0.955. The van der Waals surface area contributed by atoms with Crippen molar-refractivity contribution in [2.75, 3.05) is 6.54 Å².